The first-order valence-electron chi connectivity index (χ1n) is 10.6. The van der Waals surface area contributed by atoms with Crippen molar-refractivity contribution in [2.75, 3.05) is 18.1 Å². The number of nitrogens with zero attached hydrogens (tertiary/aromatic N) is 2. The van der Waals surface area contributed by atoms with Crippen LogP contribution in [0.2, 0.25) is 0 Å². The molecular formula is C23H32N2O4. The Labute approximate surface area is 173 Å². The third kappa shape index (κ3) is 4.62. The summed E-state index contributed by atoms with van der Waals surface area (Å²) in [4.78, 5) is 25.6. The second kappa shape index (κ2) is 8.56. The average Bonchev–Trinajstić information content (AvgIpc) is 2.57. The van der Waals surface area contributed by atoms with Gasteiger partial charge in [0, 0.05) is 24.7 Å². The number of nitro groups is 1. The van der Waals surface area contributed by atoms with Crippen LogP contribution in [0.5, 0.6) is 0 Å². The topological polar surface area (TPSA) is 72.7 Å². The van der Waals surface area contributed by atoms with E-state index >= 15 is 0 Å². The van der Waals surface area contributed by atoms with Gasteiger partial charge in [-0.15, -0.1) is 0 Å². The molecule has 0 saturated heterocycles. The van der Waals surface area contributed by atoms with E-state index in [0.29, 0.717) is 40.8 Å². The number of ether oxygens (including phenoxy) is 1. The van der Waals surface area contributed by atoms with Crippen molar-refractivity contribution in [2.45, 2.75) is 65.8 Å². The molecular weight excluding hydrogens is 368 g/mol. The molecule has 1 aromatic carbocycles. The summed E-state index contributed by atoms with van der Waals surface area (Å²) in [6.07, 6.45) is 7.59. The monoisotopic (exact) mass is 400 g/mol. The van der Waals surface area contributed by atoms with Gasteiger partial charge in [-0.25, -0.2) is 4.79 Å². The van der Waals surface area contributed by atoms with E-state index in [1.54, 1.807) is 19.9 Å². The van der Waals surface area contributed by atoms with Crippen LogP contribution in [0, 0.1) is 21.4 Å². The third-order valence-corrected chi connectivity index (χ3v) is 6.31. The van der Waals surface area contributed by atoms with Crippen LogP contribution in [-0.2, 0) is 9.53 Å². The predicted molar refractivity (Wildman–Crippen MR) is 115 cm³/mol. The van der Waals surface area contributed by atoms with Crippen LogP contribution in [0.4, 0.5) is 11.4 Å². The van der Waals surface area contributed by atoms with Crippen LogP contribution >= 0.6 is 0 Å². The van der Waals surface area contributed by atoms with E-state index < -0.39 is 5.97 Å². The van der Waals surface area contributed by atoms with Crippen molar-refractivity contribution in [1.82, 2.24) is 0 Å². The lowest BCUT2D eigenvalue weighted by molar-refractivity contribution is -0.384. The highest BCUT2D eigenvalue weighted by molar-refractivity contribution is 5.91. The van der Waals surface area contributed by atoms with Crippen LogP contribution < -0.4 is 4.90 Å². The molecule has 0 N–H and O–H groups in total. The highest BCUT2D eigenvalue weighted by Gasteiger charge is 2.50. The molecule has 2 aliphatic rings. The van der Waals surface area contributed by atoms with Gasteiger partial charge in [-0.3, -0.25) is 10.1 Å². The van der Waals surface area contributed by atoms with Crippen LogP contribution in [0.1, 0.15) is 65.4 Å². The highest BCUT2D eigenvalue weighted by Crippen LogP contribution is 2.58. The normalized spacial score (nSPS) is 18.3. The minimum atomic E-state index is -0.432. The Kier molecular flexibility index (Phi) is 6.30. The Morgan fingerprint density at radius 1 is 1.38 bits per heavy atom. The van der Waals surface area contributed by atoms with E-state index in [1.165, 1.54) is 25.3 Å². The number of carbonyl (C=O) groups is 1. The molecule has 6 nitrogen and oxygen atoms in total. The fraction of sp³-hybridized carbons (Fsp3) is 0.609. The standard InChI is InChI=1S/C23H32N2O4/c1-5-29-22(26)11-17(4)18-7-8-20(21(12-18)25(27)28)24(15-16(2)3)19-13-23(14-19)9-6-10-23/h7-8,11-12,16,19H,5-6,9-10,13-15H2,1-4H3/b17-11+. The fourth-order valence-corrected chi connectivity index (χ4v) is 4.68. The average molecular weight is 401 g/mol. The van der Waals surface area contributed by atoms with E-state index in [4.69, 9.17) is 4.74 Å². The maximum atomic E-state index is 11.9. The number of benzene rings is 1. The first-order chi connectivity index (χ1) is 13.7. The van der Waals surface area contributed by atoms with E-state index in [1.807, 2.05) is 12.1 Å². The summed E-state index contributed by atoms with van der Waals surface area (Å²) in [5.41, 5.74) is 2.63. The van der Waals surface area contributed by atoms with E-state index in [9.17, 15) is 14.9 Å². The lowest BCUT2D eigenvalue weighted by Gasteiger charge is -2.57. The molecule has 0 radical (unpaired) electrons. The first kappa shape index (κ1) is 21.3. The molecule has 0 aromatic heterocycles. The maximum Gasteiger partial charge on any atom is 0.331 e. The molecule has 29 heavy (non-hydrogen) atoms. The van der Waals surface area contributed by atoms with Crippen molar-refractivity contribution in [3.63, 3.8) is 0 Å². The Morgan fingerprint density at radius 2 is 2.07 bits per heavy atom. The van der Waals surface area contributed by atoms with E-state index in [-0.39, 0.29) is 10.6 Å². The molecule has 0 atom stereocenters. The van der Waals surface area contributed by atoms with Crippen molar-refractivity contribution in [1.29, 1.82) is 0 Å². The Morgan fingerprint density at radius 3 is 2.59 bits per heavy atom. The minimum Gasteiger partial charge on any atom is -0.463 e. The molecule has 0 amide bonds. The number of rotatable bonds is 8. The van der Waals surface area contributed by atoms with Gasteiger partial charge in [0.1, 0.15) is 5.69 Å². The lowest BCUT2D eigenvalue weighted by atomic mass is 9.53. The quantitative estimate of drug-likeness (QED) is 0.254. The molecule has 158 valence electrons. The van der Waals surface area contributed by atoms with Crippen molar-refractivity contribution >= 4 is 22.9 Å². The molecule has 3 rings (SSSR count). The van der Waals surface area contributed by atoms with Crippen molar-refractivity contribution in [2.24, 2.45) is 11.3 Å². The number of anilines is 1. The van der Waals surface area contributed by atoms with Crippen LogP contribution in [-0.4, -0.2) is 30.1 Å². The van der Waals surface area contributed by atoms with E-state index in [2.05, 4.69) is 18.7 Å². The minimum absolute atomic E-state index is 0.106. The van der Waals surface area contributed by atoms with Gasteiger partial charge >= 0.3 is 5.97 Å². The molecule has 2 aliphatic carbocycles. The summed E-state index contributed by atoms with van der Waals surface area (Å²) in [6, 6.07) is 5.69. The number of hydrogen-bond donors (Lipinski definition) is 0. The van der Waals surface area contributed by atoms with Gasteiger partial charge in [-0.2, -0.15) is 0 Å². The Balaban J connectivity index is 1.89. The summed E-state index contributed by atoms with van der Waals surface area (Å²) in [7, 11) is 0. The van der Waals surface area contributed by atoms with Gasteiger partial charge in [-0.05, 0) is 68.1 Å². The molecule has 2 fully saturated rings. The highest BCUT2D eigenvalue weighted by atomic mass is 16.6. The predicted octanol–water partition coefficient (Wildman–Crippen LogP) is 5.36. The van der Waals surface area contributed by atoms with Crippen molar-refractivity contribution in [3.05, 3.63) is 40.0 Å². The first-order valence-corrected chi connectivity index (χ1v) is 10.6. The molecule has 0 unspecified atom stereocenters. The zero-order valence-corrected chi connectivity index (χ0v) is 17.9. The number of carbonyl (C=O) groups excluding carboxylic acids is 1. The number of nitro benzene ring substituents is 1. The van der Waals surface area contributed by atoms with Gasteiger partial charge in [0.05, 0.1) is 11.5 Å². The molecule has 1 spiro atoms. The molecule has 6 heteroatoms. The molecule has 1 aromatic rings. The zero-order valence-electron chi connectivity index (χ0n) is 17.9. The smallest absolute Gasteiger partial charge is 0.331 e. The zero-order chi connectivity index (χ0) is 21.2. The second-order valence-corrected chi connectivity index (χ2v) is 9.00. The summed E-state index contributed by atoms with van der Waals surface area (Å²) in [5, 5.41) is 11.9. The maximum absolute atomic E-state index is 11.9. The van der Waals surface area contributed by atoms with Crippen LogP contribution in [0.25, 0.3) is 5.57 Å². The van der Waals surface area contributed by atoms with Gasteiger partial charge < -0.3 is 9.64 Å². The van der Waals surface area contributed by atoms with Crippen LogP contribution in [0.3, 0.4) is 0 Å². The Hall–Kier alpha value is -2.37. The number of esters is 1. The van der Waals surface area contributed by atoms with Crippen LogP contribution in [0.15, 0.2) is 24.3 Å². The van der Waals surface area contributed by atoms with Crippen molar-refractivity contribution in [3.8, 4) is 0 Å². The second-order valence-electron chi connectivity index (χ2n) is 9.00. The van der Waals surface area contributed by atoms with Gasteiger partial charge in [0.2, 0.25) is 0 Å². The van der Waals surface area contributed by atoms with Crippen molar-refractivity contribution < 1.29 is 14.5 Å². The SMILES string of the molecule is CCOC(=O)/C=C(\C)c1ccc(N(CC(C)C)C2CC3(CCC3)C2)c([N+](=O)[O-])c1. The fourth-order valence-electron chi connectivity index (χ4n) is 4.68. The molecule has 0 heterocycles. The van der Waals surface area contributed by atoms with E-state index in [0.717, 1.165) is 19.4 Å². The lowest BCUT2D eigenvalue weighted by Crippen LogP contribution is -2.55. The van der Waals surface area contributed by atoms with Gasteiger partial charge in [-0.1, -0.05) is 26.3 Å². The summed E-state index contributed by atoms with van der Waals surface area (Å²) in [6.45, 7) is 8.92. The van der Waals surface area contributed by atoms with Gasteiger partial charge in [0.25, 0.3) is 5.69 Å². The third-order valence-electron chi connectivity index (χ3n) is 6.31. The largest absolute Gasteiger partial charge is 0.463 e. The number of hydrogen-bond acceptors (Lipinski definition) is 5. The molecule has 2 saturated carbocycles. The number of allylic oxidation sites excluding steroid dienone is 1. The summed E-state index contributed by atoms with van der Waals surface area (Å²) in [5.74, 6) is -0.0175. The Bertz CT molecular complexity index is 803. The molecule has 0 bridgehead atoms. The summed E-state index contributed by atoms with van der Waals surface area (Å²) >= 11 is 0. The van der Waals surface area contributed by atoms with Gasteiger partial charge in [0.15, 0.2) is 0 Å². The summed E-state index contributed by atoms with van der Waals surface area (Å²) < 4.78 is 4.95. The molecule has 0 aliphatic heterocycles.